The molecular weight excluding hydrogens is 334 g/mol. The van der Waals surface area contributed by atoms with E-state index in [1.807, 2.05) is 0 Å². The van der Waals surface area contributed by atoms with Gasteiger partial charge < -0.3 is 9.84 Å². The number of nitrogens with zero attached hydrogens (tertiary/aromatic N) is 1. The molecule has 0 radical (unpaired) electrons. The number of amidine groups is 1. The number of amides is 1. The molecule has 0 spiro atoms. The van der Waals surface area contributed by atoms with Crippen LogP contribution in [0.2, 0.25) is 0 Å². The van der Waals surface area contributed by atoms with Crippen LogP contribution >= 0.6 is 0 Å². The summed E-state index contributed by atoms with van der Waals surface area (Å²) in [4.78, 5) is 14.5. The SMILES string of the molecule is O=C1COC(=Nc2ccc(C(F)(F)C(O)(F)C(F)(F)F)cc2)N1. The minimum Gasteiger partial charge on any atom is -0.455 e. The number of hydrogen-bond donors (Lipinski definition) is 2. The predicted octanol–water partition coefficient (Wildman–Crippen LogP) is 2.13. The monoisotopic (exact) mass is 342 g/mol. The van der Waals surface area contributed by atoms with Gasteiger partial charge in [0, 0.05) is 5.56 Å². The summed E-state index contributed by atoms with van der Waals surface area (Å²) in [6.07, 6.45) is -6.18. The van der Waals surface area contributed by atoms with Crippen molar-refractivity contribution in [2.45, 2.75) is 18.0 Å². The van der Waals surface area contributed by atoms with Crippen molar-refractivity contribution in [2.75, 3.05) is 6.61 Å². The third kappa shape index (κ3) is 3.09. The summed E-state index contributed by atoms with van der Waals surface area (Å²) in [5.74, 6) is -11.4. The van der Waals surface area contributed by atoms with E-state index in [4.69, 9.17) is 9.84 Å². The zero-order valence-corrected chi connectivity index (χ0v) is 11.0. The third-order valence-corrected chi connectivity index (χ3v) is 2.84. The van der Waals surface area contributed by atoms with E-state index in [1.54, 1.807) is 0 Å². The quantitative estimate of drug-likeness (QED) is 0.827. The molecule has 2 N–H and O–H groups in total. The van der Waals surface area contributed by atoms with Crippen LogP contribution in [0, 0.1) is 0 Å². The molecule has 1 amide bonds. The highest BCUT2D eigenvalue weighted by Crippen LogP contribution is 2.49. The van der Waals surface area contributed by atoms with Gasteiger partial charge in [0.05, 0.1) is 5.69 Å². The lowest BCUT2D eigenvalue weighted by atomic mass is 10.0. The molecule has 0 aliphatic carbocycles. The van der Waals surface area contributed by atoms with Crippen LogP contribution in [-0.2, 0) is 15.5 Å². The number of alkyl halides is 6. The minimum absolute atomic E-state index is 0.0452. The predicted molar refractivity (Wildman–Crippen MR) is 63.6 cm³/mol. The van der Waals surface area contributed by atoms with Crippen LogP contribution in [0.4, 0.5) is 32.0 Å². The van der Waals surface area contributed by atoms with Crippen LogP contribution < -0.4 is 5.32 Å². The van der Waals surface area contributed by atoms with E-state index >= 15 is 0 Å². The first-order valence-electron chi connectivity index (χ1n) is 5.93. The molecule has 1 atom stereocenters. The van der Waals surface area contributed by atoms with Gasteiger partial charge >= 0.3 is 18.0 Å². The van der Waals surface area contributed by atoms with Crippen LogP contribution in [0.1, 0.15) is 5.56 Å². The topological polar surface area (TPSA) is 70.9 Å². The van der Waals surface area contributed by atoms with Crippen molar-refractivity contribution in [1.82, 2.24) is 5.32 Å². The molecule has 0 aromatic heterocycles. The van der Waals surface area contributed by atoms with Gasteiger partial charge in [0.15, 0.2) is 6.61 Å². The maximum Gasteiger partial charge on any atom is 0.455 e. The largest absolute Gasteiger partial charge is 0.455 e. The molecule has 1 aliphatic rings. The zero-order chi connectivity index (χ0) is 17.5. The molecule has 1 fully saturated rings. The Morgan fingerprint density at radius 3 is 2.09 bits per heavy atom. The van der Waals surface area contributed by atoms with Crippen LogP contribution in [0.3, 0.4) is 0 Å². The standard InChI is InChI=1S/C12H8F6N2O3/c13-10(14,11(15,22)12(16,17)18)6-1-3-7(4-2-6)19-9-20-8(21)5-23-9/h1-4,22H,5H2,(H,19,20,21). The summed E-state index contributed by atoms with van der Waals surface area (Å²) in [6.45, 7) is -0.282. The van der Waals surface area contributed by atoms with Crippen molar-refractivity contribution >= 4 is 17.6 Å². The highest BCUT2D eigenvalue weighted by molar-refractivity contribution is 6.00. The summed E-state index contributed by atoms with van der Waals surface area (Å²) >= 11 is 0. The fourth-order valence-corrected chi connectivity index (χ4v) is 1.62. The molecule has 23 heavy (non-hydrogen) atoms. The molecule has 5 nitrogen and oxygen atoms in total. The average molecular weight is 342 g/mol. The van der Waals surface area contributed by atoms with Crippen molar-refractivity contribution in [2.24, 2.45) is 4.99 Å². The second-order valence-corrected chi connectivity index (χ2v) is 4.49. The van der Waals surface area contributed by atoms with Crippen LogP contribution in [-0.4, -0.2) is 35.7 Å². The minimum atomic E-state index is -6.18. The Balaban J connectivity index is 2.27. The van der Waals surface area contributed by atoms with Crippen LogP contribution in [0.5, 0.6) is 0 Å². The number of benzene rings is 1. The van der Waals surface area contributed by atoms with Gasteiger partial charge in [0.25, 0.3) is 11.9 Å². The third-order valence-electron chi connectivity index (χ3n) is 2.84. The molecule has 11 heteroatoms. The Bertz CT molecular complexity index is 639. The maximum absolute atomic E-state index is 13.6. The smallest absolute Gasteiger partial charge is 0.455 e. The molecule has 0 saturated carbocycles. The molecule has 1 aliphatic heterocycles. The van der Waals surface area contributed by atoms with Gasteiger partial charge in [0.2, 0.25) is 0 Å². The van der Waals surface area contributed by atoms with Crippen molar-refractivity contribution in [3.63, 3.8) is 0 Å². The Labute approximate surface area is 124 Å². The molecule has 1 heterocycles. The zero-order valence-electron chi connectivity index (χ0n) is 11.0. The molecule has 0 bridgehead atoms. The first-order valence-corrected chi connectivity index (χ1v) is 5.93. The maximum atomic E-state index is 13.6. The van der Waals surface area contributed by atoms with Crippen molar-refractivity contribution in [3.8, 4) is 0 Å². The molecular formula is C12H8F6N2O3. The lowest BCUT2D eigenvalue weighted by molar-refractivity contribution is -0.390. The Hall–Kier alpha value is -2.30. The highest BCUT2D eigenvalue weighted by Gasteiger charge is 2.71. The number of rotatable bonds is 3. The van der Waals surface area contributed by atoms with E-state index < -0.39 is 29.4 Å². The number of aliphatic imine (C=N–C) groups is 1. The molecule has 1 unspecified atom stereocenters. The van der Waals surface area contributed by atoms with Crippen molar-refractivity contribution in [1.29, 1.82) is 0 Å². The number of nitrogens with one attached hydrogen (secondary N) is 1. The number of hydrogen-bond acceptors (Lipinski definition) is 4. The first-order chi connectivity index (χ1) is 10.4. The second kappa shape index (κ2) is 5.41. The Kier molecular flexibility index (Phi) is 4.01. The van der Waals surface area contributed by atoms with Crippen molar-refractivity contribution < 1.29 is 41.0 Å². The summed E-state index contributed by atoms with van der Waals surface area (Å²) in [6, 6.07) is 2.40. The average Bonchev–Trinajstić information content (AvgIpc) is 2.83. The van der Waals surface area contributed by atoms with Gasteiger partial charge in [-0.1, -0.05) is 12.1 Å². The van der Waals surface area contributed by atoms with Gasteiger partial charge in [-0.25, -0.2) is 0 Å². The van der Waals surface area contributed by atoms with E-state index in [2.05, 4.69) is 10.3 Å². The van der Waals surface area contributed by atoms with E-state index in [0.29, 0.717) is 12.1 Å². The van der Waals surface area contributed by atoms with Crippen LogP contribution in [0.25, 0.3) is 0 Å². The van der Waals surface area contributed by atoms with Crippen molar-refractivity contribution in [3.05, 3.63) is 29.8 Å². The first kappa shape index (κ1) is 17.1. The number of carbonyl (C=O) groups excluding carboxylic acids is 1. The lowest BCUT2D eigenvalue weighted by Gasteiger charge is -2.30. The lowest BCUT2D eigenvalue weighted by Crippen LogP contribution is -2.53. The van der Waals surface area contributed by atoms with Gasteiger partial charge in [-0.2, -0.15) is 31.3 Å². The van der Waals surface area contributed by atoms with Gasteiger partial charge in [-0.15, -0.1) is 0 Å². The Morgan fingerprint density at radius 2 is 1.65 bits per heavy atom. The Morgan fingerprint density at radius 1 is 1.09 bits per heavy atom. The molecule has 1 aromatic carbocycles. The van der Waals surface area contributed by atoms with Gasteiger partial charge in [0.1, 0.15) is 0 Å². The number of halogens is 6. The number of ether oxygens (including phenoxy) is 1. The number of carbonyl (C=O) groups is 1. The molecule has 126 valence electrons. The normalized spacial score (nSPS) is 20.1. The summed E-state index contributed by atoms with van der Waals surface area (Å²) in [5, 5.41) is 10.7. The summed E-state index contributed by atoms with van der Waals surface area (Å²) in [5.41, 5.74) is -1.45. The van der Waals surface area contributed by atoms with E-state index in [0.717, 1.165) is 12.1 Å². The van der Waals surface area contributed by atoms with Gasteiger partial charge in [-0.05, 0) is 12.1 Å². The summed E-state index contributed by atoms with van der Waals surface area (Å²) < 4.78 is 81.6. The number of aliphatic hydroxyl groups is 1. The van der Waals surface area contributed by atoms with E-state index in [9.17, 15) is 31.1 Å². The fraction of sp³-hybridized carbons (Fsp3) is 0.333. The van der Waals surface area contributed by atoms with Crippen LogP contribution in [0.15, 0.2) is 29.3 Å². The second-order valence-electron chi connectivity index (χ2n) is 4.49. The molecule has 1 aromatic rings. The highest BCUT2D eigenvalue weighted by atomic mass is 19.4. The van der Waals surface area contributed by atoms with E-state index in [1.165, 1.54) is 0 Å². The summed E-state index contributed by atoms with van der Waals surface area (Å²) in [7, 11) is 0. The van der Waals surface area contributed by atoms with Gasteiger partial charge in [-0.3, -0.25) is 10.1 Å². The van der Waals surface area contributed by atoms with E-state index in [-0.39, 0.29) is 18.3 Å². The molecule has 1 saturated heterocycles. The fourth-order valence-electron chi connectivity index (χ4n) is 1.62. The molecule has 2 rings (SSSR count).